The molecule has 2 N–H and O–H groups in total. The number of carbonyl (C=O) groups is 3. The topological polar surface area (TPSA) is 129 Å². The zero-order chi connectivity index (χ0) is 31.0. The van der Waals surface area contributed by atoms with Crippen molar-refractivity contribution in [2.24, 2.45) is 0 Å². The molecule has 3 aromatic rings. The summed E-state index contributed by atoms with van der Waals surface area (Å²) < 4.78 is 65.6. The predicted octanol–water partition coefficient (Wildman–Crippen LogP) is 4.24. The van der Waals surface area contributed by atoms with Crippen LogP contribution >= 0.6 is 0 Å². The van der Waals surface area contributed by atoms with Crippen LogP contribution in [0.5, 0.6) is 0 Å². The van der Waals surface area contributed by atoms with E-state index in [9.17, 15) is 31.1 Å². The van der Waals surface area contributed by atoms with Crippen LogP contribution in [-0.2, 0) is 16.1 Å². The molecule has 41 heavy (non-hydrogen) atoms. The number of pyridine rings is 1. The number of hydrogen-bond donors (Lipinski definition) is 2. The number of carboxylic acid groups (broad SMARTS) is 2. The Morgan fingerprint density at radius 1 is 0.976 bits per heavy atom. The molecule has 0 spiro atoms. The third-order valence-electron chi connectivity index (χ3n) is 5.86. The van der Waals surface area contributed by atoms with Gasteiger partial charge in [-0.1, -0.05) is 32.0 Å². The maximum atomic E-state index is 13.2. The Kier molecular flexibility index (Phi) is 11.2. The molecule has 0 aliphatic carbocycles. The van der Waals surface area contributed by atoms with Crippen molar-refractivity contribution >= 4 is 28.7 Å². The van der Waals surface area contributed by atoms with Gasteiger partial charge < -0.3 is 20.0 Å². The maximum absolute atomic E-state index is 13.2. The number of hydrogen-bond acceptors (Lipinski definition) is 6. The van der Waals surface area contributed by atoms with Crippen LogP contribution in [0.15, 0.2) is 48.8 Å². The molecule has 0 saturated carbocycles. The van der Waals surface area contributed by atoms with Crippen LogP contribution in [0.3, 0.4) is 0 Å². The largest absolute Gasteiger partial charge is 0.490 e. The molecule has 10 nitrogen and oxygen atoms in total. The molecular weight excluding hydrogens is 564 g/mol. The summed E-state index contributed by atoms with van der Waals surface area (Å²) in [6, 6.07) is 12.0. The molecule has 4 rings (SSSR count). The zero-order valence-electron chi connectivity index (χ0n) is 21.9. The van der Waals surface area contributed by atoms with Gasteiger partial charge in [0.15, 0.2) is 0 Å². The third kappa shape index (κ3) is 9.44. The monoisotopic (exact) mass is 591 g/mol. The summed E-state index contributed by atoms with van der Waals surface area (Å²) in [5.41, 5.74) is 2.63. The molecule has 1 atom stereocenters. The van der Waals surface area contributed by atoms with Gasteiger partial charge in [-0.3, -0.25) is 14.5 Å². The van der Waals surface area contributed by atoms with Crippen LogP contribution in [0.25, 0.3) is 10.9 Å². The fourth-order valence-corrected chi connectivity index (χ4v) is 3.83. The Labute approximate surface area is 229 Å². The number of benzene rings is 1. The highest BCUT2D eigenvalue weighted by Gasteiger charge is 2.39. The number of carboxylic acids is 2. The van der Waals surface area contributed by atoms with Gasteiger partial charge in [0.1, 0.15) is 0 Å². The first-order chi connectivity index (χ1) is 19.1. The van der Waals surface area contributed by atoms with E-state index in [2.05, 4.69) is 33.5 Å². The number of likely N-dealkylation sites (N-methyl/N-ethyl adjacent to an activating group) is 1. The van der Waals surface area contributed by atoms with Crippen LogP contribution in [0.4, 0.5) is 26.3 Å². The standard InChI is InChI=1S/C21H25N5O.2C2HF3O2/c1-3-24(4-2)13-19-15-25(14-18-9-10-23-26(18)19)21(27)17-11-16-7-5-6-8-20(16)22-12-17;2*3-2(4,5)1(6)7/h5-12,19H,3-4,13-15H2,1-2H3;2*(H,6,7). The van der Waals surface area contributed by atoms with E-state index in [-0.39, 0.29) is 11.9 Å². The van der Waals surface area contributed by atoms with Gasteiger partial charge in [-0.25, -0.2) is 9.59 Å². The molecule has 1 aliphatic rings. The molecule has 1 aliphatic heterocycles. The molecule has 0 radical (unpaired) electrons. The first-order valence-corrected chi connectivity index (χ1v) is 12.1. The highest BCUT2D eigenvalue weighted by Crippen LogP contribution is 2.24. The van der Waals surface area contributed by atoms with Crippen LogP contribution in [0.1, 0.15) is 35.9 Å². The number of amides is 1. The Morgan fingerprint density at radius 3 is 2.07 bits per heavy atom. The van der Waals surface area contributed by atoms with Crippen LogP contribution in [0.2, 0.25) is 0 Å². The second-order valence-corrected chi connectivity index (χ2v) is 8.61. The summed E-state index contributed by atoms with van der Waals surface area (Å²) in [7, 11) is 0. The summed E-state index contributed by atoms with van der Waals surface area (Å²) >= 11 is 0. The van der Waals surface area contributed by atoms with E-state index in [4.69, 9.17) is 19.8 Å². The number of carbonyl (C=O) groups excluding carboxylic acids is 1. The van der Waals surface area contributed by atoms with Crippen molar-refractivity contribution < 1.29 is 50.9 Å². The minimum absolute atomic E-state index is 0.0326. The van der Waals surface area contributed by atoms with Gasteiger partial charge in [-0.15, -0.1) is 0 Å². The van der Waals surface area contributed by atoms with E-state index in [0.29, 0.717) is 18.7 Å². The highest BCUT2D eigenvalue weighted by atomic mass is 19.4. The molecule has 1 amide bonds. The average molecular weight is 592 g/mol. The first-order valence-electron chi connectivity index (χ1n) is 12.1. The number of aliphatic carboxylic acids is 2. The van der Waals surface area contributed by atoms with Crippen LogP contribution in [-0.4, -0.2) is 91.2 Å². The molecule has 224 valence electrons. The minimum Gasteiger partial charge on any atom is -0.475 e. The number of fused-ring (bicyclic) bond motifs is 2. The maximum Gasteiger partial charge on any atom is 0.490 e. The first kappa shape index (κ1) is 33.0. The fourth-order valence-electron chi connectivity index (χ4n) is 3.83. The van der Waals surface area contributed by atoms with Gasteiger partial charge >= 0.3 is 24.3 Å². The summed E-state index contributed by atoms with van der Waals surface area (Å²) in [5.74, 6) is -5.48. The van der Waals surface area contributed by atoms with Gasteiger partial charge in [0.2, 0.25) is 0 Å². The molecule has 0 bridgehead atoms. The van der Waals surface area contributed by atoms with E-state index in [1.165, 1.54) is 0 Å². The summed E-state index contributed by atoms with van der Waals surface area (Å²) in [4.78, 5) is 39.7. The minimum atomic E-state index is -5.08. The van der Waals surface area contributed by atoms with Crippen molar-refractivity contribution in [3.63, 3.8) is 0 Å². The van der Waals surface area contributed by atoms with Gasteiger partial charge in [0.25, 0.3) is 5.91 Å². The van der Waals surface area contributed by atoms with E-state index < -0.39 is 24.3 Å². The number of alkyl halides is 6. The SMILES string of the molecule is CCN(CC)CC1CN(C(=O)c2cnc3ccccc3c2)Cc2ccnn21.O=C(O)C(F)(F)F.O=C(O)C(F)(F)F. The highest BCUT2D eigenvalue weighted by molar-refractivity contribution is 5.97. The molecule has 2 aromatic heterocycles. The number of rotatable bonds is 5. The normalized spacial score (nSPS) is 14.9. The van der Waals surface area contributed by atoms with E-state index in [1.54, 1.807) is 6.20 Å². The van der Waals surface area contributed by atoms with Gasteiger partial charge in [-0.2, -0.15) is 31.4 Å². The second kappa shape index (κ2) is 13.9. The number of halogens is 6. The van der Waals surface area contributed by atoms with E-state index in [1.807, 2.05) is 47.5 Å². The molecule has 0 fully saturated rings. The Hall–Kier alpha value is -4.21. The van der Waals surface area contributed by atoms with Crippen molar-refractivity contribution in [1.29, 1.82) is 0 Å². The molecule has 1 aromatic carbocycles. The third-order valence-corrected chi connectivity index (χ3v) is 5.86. The van der Waals surface area contributed by atoms with Gasteiger partial charge in [0, 0.05) is 30.9 Å². The number of aromatic nitrogens is 3. The van der Waals surface area contributed by atoms with Crippen molar-refractivity contribution in [2.45, 2.75) is 38.8 Å². The van der Waals surface area contributed by atoms with Crippen molar-refractivity contribution in [3.8, 4) is 0 Å². The molecule has 16 heteroatoms. The van der Waals surface area contributed by atoms with E-state index >= 15 is 0 Å². The summed E-state index contributed by atoms with van der Waals surface area (Å²) in [6.45, 7) is 8.46. The quantitative estimate of drug-likeness (QED) is 0.422. The lowest BCUT2D eigenvalue weighted by Crippen LogP contribution is -2.45. The van der Waals surface area contributed by atoms with E-state index in [0.717, 1.165) is 36.2 Å². The van der Waals surface area contributed by atoms with Crippen molar-refractivity contribution in [1.82, 2.24) is 24.6 Å². The molecule has 0 saturated heterocycles. The second-order valence-electron chi connectivity index (χ2n) is 8.61. The van der Waals surface area contributed by atoms with Crippen LogP contribution in [0, 0.1) is 0 Å². The number of para-hydroxylation sites is 1. The lowest BCUT2D eigenvalue weighted by atomic mass is 10.1. The van der Waals surface area contributed by atoms with Crippen LogP contribution < -0.4 is 0 Å². The Bertz CT molecular complexity index is 1320. The van der Waals surface area contributed by atoms with Crippen molar-refractivity contribution in [2.75, 3.05) is 26.2 Å². The lowest BCUT2D eigenvalue weighted by Gasteiger charge is -2.36. The summed E-state index contributed by atoms with van der Waals surface area (Å²) in [5, 5.41) is 19.7. The molecule has 3 heterocycles. The smallest absolute Gasteiger partial charge is 0.475 e. The molecular formula is C25H27F6N5O5. The number of nitrogens with zero attached hydrogens (tertiary/aromatic N) is 5. The van der Waals surface area contributed by atoms with Gasteiger partial charge in [0.05, 0.1) is 29.4 Å². The van der Waals surface area contributed by atoms with Crippen molar-refractivity contribution in [3.05, 3.63) is 60.0 Å². The Morgan fingerprint density at radius 2 is 1.54 bits per heavy atom. The van der Waals surface area contributed by atoms with Gasteiger partial charge in [-0.05, 0) is 31.3 Å². The average Bonchev–Trinajstić information content (AvgIpc) is 3.39. The lowest BCUT2D eigenvalue weighted by molar-refractivity contribution is -0.193. The predicted molar refractivity (Wildman–Crippen MR) is 133 cm³/mol. The Balaban J connectivity index is 0.000000349. The fraction of sp³-hybridized carbons (Fsp3) is 0.400. The zero-order valence-corrected chi connectivity index (χ0v) is 21.9. The molecule has 1 unspecified atom stereocenters. The summed E-state index contributed by atoms with van der Waals surface area (Å²) in [6.07, 6.45) is -6.65.